The van der Waals surface area contributed by atoms with E-state index in [1.54, 1.807) is 0 Å². The monoisotopic (exact) mass is 235 g/mol. The molecule has 0 spiro atoms. The lowest BCUT2D eigenvalue weighted by Gasteiger charge is -2.16. The number of nitrogens with two attached hydrogens (primary N) is 1. The SMILES string of the molecule is Cc1nc(CCC(C)C)nc(C)c1C(C)CN. The molecule has 1 aromatic heterocycles. The van der Waals surface area contributed by atoms with Gasteiger partial charge in [0.2, 0.25) is 0 Å². The summed E-state index contributed by atoms with van der Waals surface area (Å²) >= 11 is 0. The zero-order valence-electron chi connectivity index (χ0n) is 11.7. The summed E-state index contributed by atoms with van der Waals surface area (Å²) in [5, 5.41) is 0. The molecule has 0 amide bonds. The van der Waals surface area contributed by atoms with Crippen molar-refractivity contribution in [2.75, 3.05) is 6.54 Å². The molecule has 0 aliphatic carbocycles. The van der Waals surface area contributed by atoms with Crippen LogP contribution in [0.1, 0.15) is 55.9 Å². The molecule has 2 N–H and O–H groups in total. The van der Waals surface area contributed by atoms with Crippen LogP contribution in [-0.2, 0) is 6.42 Å². The van der Waals surface area contributed by atoms with E-state index in [-0.39, 0.29) is 0 Å². The number of aryl methyl sites for hydroxylation is 3. The van der Waals surface area contributed by atoms with E-state index in [1.165, 1.54) is 5.56 Å². The Hall–Kier alpha value is -0.960. The first-order valence-corrected chi connectivity index (χ1v) is 6.49. The lowest BCUT2D eigenvalue weighted by Crippen LogP contribution is -2.15. The summed E-state index contributed by atoms with van der Waals surface area (Å²) in [4.78, 5) is 9.22. The number of hydrogen-bond donors (Lipinski definition) is 1. The largest absolute Gasteiger partial charge is 0.330 e. The fourth-order valence-corrected chi connectivity index (χ4v) is 2.16. The molecule has 0 saturated carbocycles. The Morgan fingerprint density at radius 2 is 1.59 bits per heavy atom. The summed E-state index contributed by atoms with van der Waals surface area (Å²) in [7, 11) is 0. The molecule has 0 aliphatic heterocycles. The summed E-state index contributed by atoms with van der Waals surface area (Å²) in [5.74, 6) is 2.01. The predicted molar refractivity (Wildman–Crippen MR) is 72.1 cm³/mol. The fraction of sp³-hybridized carbons (Fsp3) is 0.714. The van der Waals surface area contributed by atoms with Gasteiger partial charge >= 0.3 is 0 Å². The second-order valence-electron chi connectivity index (χ2n) is 5.29. The van der Waals surface area contributed by atoms with Crippen LogP contribution in [0, 0.1) is 19.8 Å². The van der Waals surface area contributed by atoms with Gasteiger partial charge in [0.1, 0.15) is 5.82 Å². The maximum atomic E-state index is 5.72. The zero-order chi connectivity index (χ0) is 13.0. The van der Waals surface area contributed by atoms with Crippen molar-refractivity contribution in [1.82, 2.24) is 9.97 Å². The molecule has 1 heterocycles. The minimum atomic E-state index is 0.342. The molecular weight excluding hydrogens is 210 g/mol. The fourth-order valence-electron chi connectivity index (χ4n) is 2.16. The lowest BCUT2D eigenvalue weighted by molar-refractivity contribution is 0.571. The summed E-state index contributed by atoms with van der Waals surface area (Å²) in [6, 6.07) is 0. The zero-order valence-corrected chi connectivity index (χ0v) is 11.7. The van der Waals surface area contributed by atoms with Crippen molar-refractivity contribution in [2.45, 2.75) is 53.4 Å². The maximum absolute atomic E-state index is 5.72. The van der Waals surface area contributed by atoms with Crippen LogP contribution in [-0.4, -0.2) is 16.5 Å². The van der Waals surface area contributed by atoms with Crippen molar-refractivity contribution in [2.24, 2.45) is 11.7 Å². The highest BCUT2D eigenvalue weighted by molar-refractivity contribution is 5.28. The third-order valence-corrected chi connectivity index (χ3v) is 3.16. The third-order valence-electron chi connectivity index (χ3n) is 3.16. The Balaban J connectivity index is 2.93. The molecule has 3 heteroatoms. The molecule has 1 aromatic rings. The van der Waals surface area contributed by atoms with Gasteiger partial charge in [-0.25, -0.2) is 9.97 Å². The Morgan fingerprint density at radius 1 is 1.06 bits per heavy atom. The second kappa shape index (κ2) is 6.10. The first-order chi connectivity index (χ1) is 7.95. The topological polar surface area (TPSA) is 51.8 Å². The van der Waals surface area contributed by atoms with Gasteiger partial charge in [0.15, 0.2) is 0 Å². The first kappa shape index (κ1) is 14.1. The van der Waals surface area contributed by atoms with Crippen molar-refractivity contribution < 1.29 is 0 Å². The number of nitrogens with zero attached hydrogens (tertiary/aromatic N) is 2. The molecule has 0 saturated heterocycles. The van der Waals surface area contributed by atoms with Gasteiger partial charge in [-0.2, -0.15) is 0 Å². The molecular formula is C14H25N3. The number of rotatable bonds is 5. The number of aromatic nitrogens is 2. The first-order valence-electron chi connectivity index (χ1n) is 6.49. The molecule has 1 unspecified atom stereocenters. The Kier molecular flexibility index (Phi) is 5.06. The van der Waals surface area contributed by atoms with Gasteiger partial charge in [-0.15, -0.1) is 0 Å². The van der Waals surface area contributed by atoms with E-state index in [9.17, 15) is 0 Å². The Labute approximate surface area is 105 Å². The molecule has 1 atom stereocenters. The van der Waals surface area contributed by atoms with Crippen LogP contribution in [0.4, 0.5) is 0 Å². The minimum Gasteiger partial charge on any atom is -0.330 e. The third kappa shape index (κ3) is 3.77. The van der Waals surface area contributed by atoms with Crippen molar-refractivity contribution in [3.63, 3.8) is 0 Å². The van der Waals surface area contributed by atoms with Gasteiger partial charge in [0.25, 0.3) is 0 Å². The van der Waals surface area contributed by atoms with E-state index in [0.717, 1.165) is 30.1 Å². The van der Waals surface area contributed by atoms with E-state index >= 15 is 0 Å². The highest BCUT2D eigenvalue weighted by Crippen LogP contribution is 2.20. The highest BCUT2D eigenvalue weighted by Gasteiger charge is 2.13. The highest BCUT2D eigenvalue weighted by atomic mass is 14.9. The van der Waals surface area contributed by atoms with Crippen LogP contribution in [0.2, 0.25) is 0 Å². The molecule has 0 radical (unpaired) electrons. The lowest BCUT2D eigenvalue weighted by atomic mass is 9.98. The van der Waals surface area contributed by atoms with E-state index < -0.39 is 0 Å². The van der Waals surface area contributed by atoms with E-state index in [4.69, 9.17) is 5.73 Å². The summed E-state index contributed by atoms with van der Waals surface area (Å²) < 4.78 is 0. The van der Waals surface area contributed by atoms with Crippen LogP contribution in [0.25, 0.3) is 0 Å². The second-order valence-corrected chi connectivity index (χ2v) is 5.29. The van der Waals surface area contributed by atoms with Gasteiger partial charge in [0, 0.05) is 17.8 Å². The van der Waals surface area contributed by atoms with Crippen molar-refractivity contribution in [3.05, 3.63) is 22.8 Å². The normalized spacial score (nSPS) is 13.1. The molecule has 96 valence electrons. The molecule has 0 aromatic carbocycles. The van der Waals surface area contributed by atoms with Crippen LogP contribution in [0.15, 0.2) is 0 Å². The standard InChI is InChI=1S/C14H25N3/c1-9(2)6-7-13-16-11(4)14(10(3)8-15)12(5)17-13/h9-10H,6-8,15H2,1-5H3. The van der Waals surface area contributed by atoms with Crippen molar-refractivity contribution in [3.8, 4) is 0 Å². The van der Waals surface area contributed by atoms with Crippen molar-refractivity contribution >= 4 is 0 Å². The molecule has 17 heavy (non-hydrogen) atoms. The molecule has 3 nitrogen and oxygen atoms in total. The summed E-state index contributed by atoms with van der Waals surface area (Å²) in [6.07, 6.45) is 2.11. The van der Waals surface area contributed by atoms with Gasteiger partial charge < -0.3 is 5.73 Å². The average molecular weight is 235 g/mol. The minimum absolute atomic E-state index is 0.342. The summed E-state index contributed by atoms with van der Waals surface area (Å²) in [5.41, 5.74) is 9.13. The Morgan fingerprint density at radius 3 is 2.00 bits per heavy atom. The molecule has 0 fully saturated rings. The number of hydrogen-bond acceptors (Lipinski definition) is 3. The van der Waals surface area contributed by atoms with E-state index in [2.05, 4.69) is 44.6 Å². The summed E-state index contributed by atoms with van der Waals surface area (Å²) in [6.45, 7) is 11.4. The van der Waals surface area contributed by atoms with Gasteiger partial charge in [-0.3, -0.25) is 0 Å². The van der Waals surface area contributed by atoms with Crippen LogP contribution >= 0.6 is 0 Å². The van der Waals surface area contributed by atoms with E-state index in [0.29, 0.717) is 18.4 Å². The van der Waals surface area contributed by atoms with Gasteiger partial charge in [-0.05, 0) is 44.2 Å². The predicted octanol–water partition coefficient (Wildman–Crippen LogP) is 2.74. The molecule has 1 rings (SSSR count). The quantitative estimate of drug-likeness (QED) is 0.853. The maximum Gasteiger partial charge on any atom is 0.128 e. The van der Waals surface area contributed by atoms with Crippen LogP contribution in [0.5, 0.6) is 0 Å². The smallest absolute Gasteiger partial charge is 0.128 e. The van der Waals surface area contributed by atoms with E-state index in [1.807, 2.05) is 0 Å². The van der Waals surface area contributed by atoms with Gasteiger partial charge in [0.05, 0.1) is 0 Å². The molecule has 0 bridgehead atoms. The molecule has 0 aliphatic rings. The average Bonchev–Trinajstić information content (AvgIpc) is 2.25. The van der Waals surface area contributed by atoms with Crippen LogP contribution < -0.4 is 5.73 Å². The van der Waals surface area contributed by atoms with Crippen LogP contribution in [0.3, 0.4) is 0 Å². The Bertz CT molecular complexity index is 349. The van der Waals surface area contributed by atoms with Crippen molar-refractivity contribution in [1.29, 1.82) is 0 Å². The van der Waals surface area contributed by atoms with Gasteiger partial charge in [-0.1, -0.05) is 20.8 Å².